The summed E-state index contributed by atoms with van der Waals surface area (Å²) < 4.78 is 6.78. The highest BCUT2D eigenvalue weighted by atomic mass is 16.5. The topological polar surface area (TPSA) is 90.4 Å². The molecule has 3 saturated heterocycles. The van der Waals surface area contributed by atoms with Gasteiger partial charge in [0.25, 0.3) is 0 Å². The lowest BCUT2D eigenvalue weighted by Gasteiger charge is -2.37. The first-order valence-corrected chi connectivity index (χ1v) is 13.2. The summed E-state index contributed by atoms with van der Waals surface area (Å²) >= 11 is 0. The van der Waals surface area contributed by atoms with Gasteiger partial charge in [0.1, 0.15) is 11.6 Å². The van der Waals surface area contributed by atoms with Crippen LogP contribution in [0.5, 0.6) is 0 Å². The number of carbonyl (C=O) groups excluding carboxylic acids is 3. The van der Waals surface area contributed by atoms with Gasteiger partial charge in [-0.25, -0.2) is 0 Å². The van der Waals surface area contributed by atoms with E-state index in [0.29, 0.717) is 45.4 Å². The molecule has 196 valence electrons. The highest BCUT2D eigenvalue weighted by Crippen LogP contribution is 2.64. The van der Waals surface area contributed by atoms with Crippen molar-refractivity contribution in [1.29, 1.82) is 0 Å². The number of fused-ring (bicyclic) bond motifs is 1. The first kappa shape index (κ1) is 27.4. The van der Waals surface area contributed by atoms with E-state index in [1.807, 2.05) is 13.8 Å². The smallest absolute Gasteiger partial charge is 0.248 e. The minimum absolute atomic E-state index is 0.0396. The molecule has 1 N–H and O–H groups in total. The second-order valence-corrected chi connectivity index (χ2v) is 10.1. The van der Waals surface area contributed by atoms with Crippen molar-refractivity contribution in [3.05, 3.63) is 25.3 Å². The summed E-state index contributed by atoms with van der Waals surface area (Å²) in [7, 11) is 0. The number of aliphatic hydroxyl groups is 1. The summed E-state index contributed by atoms with van der Waals surface area (Å²) in [6, 6.07) is -0.853. The number of unbranched alkanes of at least 4 members (excludes halogenated alkanes) is 1. The monoisotopic (exact) mass is 489 g/mol. The van der Waals surface area contributed by atoms with Gasteiger partial charge in [-0.05, 0) is 32.1 Å². The van der Waals surface area contributed by atoms with Crippen LogP contribution in [0.4, 0.5) is 0 Å². The number of rotatable bonds is 14. The van der Waals surface area contributed by atoms with E-state index < -0.39 is 29.1 Å². The number of nitrogens with zero attached hydrogens (tertiary/aromatic N) is 3. The fourth-order valence-electron chi connectivity index (χ4n) is 6.60. The molecule has 0 aromatic carbocycles. The third-order valence-corrected chi connectivity index (χ3v) is 8.12. The van der Waals surface area contributed by atoms with Gasteiger partial charge in [-0.1, -0.05) is 39.3 Å². The van der Waals surface area contributed by atoms with Crippen LogP contribution in [-0.4, -0.2) is 94.1 Å². The predicted molar refractivity (Wildman–Crippen MR) is 134 cm³/mol. The molecule has 3 aliphatic heterocycles. The molecule has 0 aromatic heterocycles. The number of β-amino-alcohol motifs (C(OH)–C–C–N with tert-alkyl or cyclic N) is 1. The molecule has 2 bridgehead atoms. The Balaban J connectivity index is 2.07. The van der Waals surface area contributed by atoms with Crippen molar-refractivity contribution in [2.75, 3.05) is 39.3 Å². The van der Waals surface area contributed by atoms with Crippen molar-refractivity contribution in [3.8, 4) is 0 Å². The van der Waals surface area contributed by atoms with E-state index in [0.717, 1.165) is 19.3 Å². The third kappa shape index (κ3) is 4.44. The zero-order valence-corrected chi connectivity index (χ0v) is 21.7. The number of amides is 3. The van der Waals surface area contributed by atoms with E-state index in [-0.39, 0.29) is 30.9 Å². The summed E-state index contributed by atoms with van der Waals surface area (Å²) in [5.74, 6) is -1.92. The highest BCUT2D eigenvalue weighted by molar-refractivity contribution is 5.99. The Morgan fingerprint density at radius 3 is 2.29 bits per heavy atom. The molecular formula is C27H43N3O5. The molecule has 2 unspecified atom stereocenters. The molecule has 35 heavy (non-hydrogen) atoms. The minimum Gasteiger partial charge on any atom is -0.395 e. The van der Waals surface area contributed by atoms with Gasteiger partial charge in [-0.3, -0.25) is 14.4 Å². The average molecular weight is 490 g/mol. The van der Waals surface area contributed by atoms with E-state index in [4.69, 9.17) is 4.74 Å². The quantitative estimate of drug-likeness (QED) is 0.379. The summed E-state index contributed by atoms with van der Waals surface area (Å²) in [5, 5.41) is 9.80. The third-order valence-electron chi connectivity index (χ3n) is 8.12. The zero-order chi connectivity index (χ0) is 25.8. The number of hydrogen-bond acceptors (Lipinski definition) is 5. The molecule has 0 saturated carbocycles. The molecule has 3 amide bonds. The molecule has 3 aliphatic rings. The molecular weight excluding hydrogens is 446 g/mol. The standard InChI is InChI=1S/C27H43N3O5/c1-6-11-17-29(16-9-4)25(34)22-27-13-12-26(10-5,35-27)20(21(27)24(33)30(22)18-19-31)23(32)28(14-7-2)15-8-3/h7,9,20-22,31H,2,4,6,8,10-19H2,1,3,5H3/t20-,21-,22?,26+,27?/m0/s1. The molecule has 8 heteroatoms. The largest absolute Gasteiger partial charge is 0.395 e. The second-order valence-electron chi connectivity index (χ2n) is 10.1. The van der Waals surface area contributed by atoms with Crippen LogP contribution in [0.3, 0.4) is 0 Å². The van der Waals surface area contributed by atoms with Crippen molar-refractivity contribution in [2.24, 2.45) is 11.8 Å². The van der Waals surface area contributed by atoms with Gasteiger partial charge < -0.3 is 24.5 Å². The van der Waals surface area contributed by atoms with Gasteiger partial charge in [0.2, 0.25) is 17.7 Å². The Hall–Kier alpha value is -2.19. The van der Waals surface area contributed by atoms with Crippen molar-refractivity contribution >= 4 is 17.7 Å². The lowest BCUT2D eigenvalue weighted by Crippen LogP contribution is -2.56. The van der Waals surface area contributed by atoms with Gasteiger partial charge in [0.15, 0.2) is 0 Å². The van der Waals surface area contributed by atoms with Crippen LogP contribution in [0.1, 0.15) is 59.3 Å². The Morgan fingerprint density at radius 2 is 1.74 bits per heavy atom. The van der Waals surface area contributed by atoms with E-state index in [9.17, 15) is 19.5 Å². The molecule has 8 nitrogen and oxygen atoms in total. The van der Waals surface area contributed by atoms with Gasteiger partial charge in [0, 0.05) is 32.7 Å². The molecule has 5 atom stereocenters. The van der Waals surface area contributed by atoms with Crippen molar-refractivity contribution in [2.45, 2.75) is 76.5 Å². The second kappa shape index (κ2) is 11.2. The van der Waals surface area contributed by atoms with Crippen molar-refractivity contribution in [3.63, 3.8) is 0 Å². The number of aliphatic hydroxyl groups excluding tert-OH is 1. The molecule has 0 aliphatic carbocycles. The minimum atomic E-state index is -1.06. The molecule has 3 fully saturated rings. The maximum Gasteiger partial charge on any atom is 0.248 e. The van der Waals surface area contributed by atoms with Crippen LogP contribution < -0.4 is 0 Å². The summed E-state index contributed by atoms with van der Waals surface area (Å²) in [5.41, 5.74) is -1.82. The van der Waals surface area contributed by atoms with Gasteiger partial charge in [-0.2, -0.15) is 0 Å². The molecule has 0 aromatic rings. The van der Waals surface area contributed by atoms with E-state index in [2.05, 4.69) is 20.1 Å². The Labute approximate surface area is 210 Å². The van der Waals surface area contributed by atoms with E-state index in [1.165, 1.54) is 4.90 Å². The van der Waals surface area contributed by atoms with Crippen molar-refractivity contribution in [1.82, 2.24) is 14.7 Å². The van der Waals surface area contributed by atoms with Crippen LogP contribution in [0.2, 0.25) is 0 Å². The van der Waals surface area contributed by atoms with Crippen molar-refractivity contribution < 1.29 is 24.2 Å². The average Bonchev–Trinajstić information content (AvgIpc) is 3.45. The fourth-order valence-corrected chi connectivity index (χ4v) is 6.60. The maximum absolute atomic E-state index is 14.0. The summed E-state index contributed by atoms with van der Waals surface area (Å²) in [4.78, 5) is 46.9. The number of carbonyl (C=O) groups is 3. The Morgan fingerprint density at radius 1 is 1.09 bits per heavy atom. The first-order chi connectivity index (χ1) is 16.8. The molecule has 0 radical (unpaired) electrons. The van der Waals surface area contributed by atoms with Crippen LogP contribution in [0.15, 0.2) is 25.3 Å². The maximum atomic E-state index is 14.0. The first-order valence-electron chi connectivity index (χ1n) is 13.2. The van der Waals surface area contributed by atoms with Gasteiger partial charge in [0.05, 0.1) is 24.0 Å². The van der Waals surface area contributed by atoms with E-state index in [1.54, 1.807) is 22.0 Å². The van der Waals surface area contributed by atoms with E-state index >= 15 is 0 Å². The SMILES string of the molecule is C=CCN(CCCC)C(=O)C1N(CCO)C(=O)[C@@H]2[C@@H](C(=O)N(CC=C)CCC)[C@@]3(CC)CCC12O3. The zero-order valence-electron chi connectivity index (χ0n) is 21.7. The Bertz CT molecular complexity index is 832. The summed E-state index contributed by atoms with van der Waals surface area (Å²) in [6.07, 6.45) is 7.73. The molecule has 1 spiro atoms. The lowest BCUT2D eigenvalue weighted by molar-refractivity contribution is -0.155. The summed E-state index contributed by atoms with van der Waals surface area (Å²) in [6.45, 7) is 15.4. The number of likely N-dealkylation sites (tertiary alicyclic amines) is 1. The Kier molecular flexibility index (Phi) is 8.81. The fraction of sp³-hybridized carbons (Fsp3) is 0.741. The predicted octanol–water partition coefficient (Wildman–Crippen LogP) is 2.37. The molecule has 3 rings (SSSR count). The molecule has 3 heterocycles. The normalized spacial score (nSPS) is 30.9. The van der Waals surface area contributed by atoms with Gasteiger partial charge >= 0.3 is 0 Å². The highest BCUT2D eigenvalue weighted by Gasteiger charge is 2.78. The van der Waals surface area contributed by atoms with Crippen LogP contribution in [0, 0.1) is 11.8 Å². The number of hydrogen-bond donors (Lipinski definition) is 1. The lowest BCUT2D eigenvalue weighted by atomic mass is 9.64. The van der Waals surface area contributed by atoms with Crippen LogP contribution >= 0.6 is 0 Å². The van der Waals surface area contributed by atoms with Crippen LogP contribution in [-0.2, 0) is 19.1 Å². The van der Waals surface area contributed by atoms with Crippen LogP contribution in [0.25, 0.3) is 0 Å². The number of ether oxygens (including phenoxy) is 1. The van der Waals surface area contributed by atoms with Gasteiger partial charge in [-0.15, -0.1) is 13.2 Å².